The van der Waals surface area contributed by atoms with E-state index in [4.69, 9.17) is 0 Å². The molecule has 0 aromatic rings. The summed E-state index contributed by atoms with van der Waals surface area (Å²) < 4.78 is 0.829. The molecule has 2 saturated carbocycles. The molecule has 2 fully saturated rings. The average Bonchev–Trinajstić information content (AvgIpc) is 2.65. The summed E-state index contributed by atoms with van der Waals surface area (Å²) in [4.78, 5) is 13.0. The highest BCUT2D eigenvalue weighted by Gasteiger charge is 2.25. The Bertz CT molecular complexity index is 413. The zero-order valence-electron chi connectivity index (χ0n) is 17.4. The van der Waals surface area contributed by atoms with Crippen molar-refractivity contribution in [2.75, 3.05) is 0 Å². The van der Waals surface area contributed by atoms with Gasteiger partial charge in [-0.3, -0.25) is 4.79 Å². The number of nitrogens with one attached hydrogen (secondary N) is 1. The monoisotopic (exact) mass is 475 g/mol. The van der Waals surface area contributed by atoms with E-state index >= 15 is 0 Å². The van der Waals surface area contributed by atoms with Crippen LogP contribution in [0, 0.1) is 23.7 Å². The van der Waals surface area contributed by atoms with Crippen LogP contribution in [0.15, 0.2) is 0 Å². The van der Waals surface area contributed by atoms with Crippen LogP contribution in [0.2, 0.25) is 0 Å². The van der Waals surface area contributed by atoms with Crippen molar-refractivity contribution in [3.05, 3.63) is 0 Å². The summed E-state index contributed by atoms with van der Waals surface area (Å²) in [5, 5.41) is 3.50. The SMILES string of the molecule is CC1CCCC(NC(=O)C2CCCCC(I)CC(C)CC2)CC(C)CC1. The van der Waals surface area contributed by atoms with Crippen molar-refractivity contribution in [2.45, 2.75) is 114 Å². The Hall–Kier alpha value is 0.200. The van der Waals surface area contributed by atoms with E-state index in [1.165, 1.54) is 70.6 Å². The zero-order chi connectivity index (χ0) is 18.9. The molecular weight excluding hydrogens is 433 g/mol. The lowest BCUT2D eigenvalue weighted by molar-refractivity contribution is -0.126. The standard InChI is InChI=1S/C23H42INO/c1-17-7-6-10-22(16-19(3)12-11-17)25-23(26)20-8-4-5-9-21(24)15-18(2)13-14-20/h17-22H,4-16H2,1-3H3,(H,25,26). The Morgan fingerprint density at radius 2 is 1.38 bits per heavy atom. The topological polar surface area (TPSA) is 29.1 Å². The highest BCUT2D eigenvalue weighted by Crippen LogP contribution is 2.29. The summed E-state index contributed by atoms with van der Waals surface area (Å²) in [6.07, 6.45) is 16.2. The first-order valence-corrected chi connectivity index (χ1v) is 12.6. The van der Waals surface area contributed by atoms with E-state index < -0.39 is 0 Å². The van der Waals surface area contributed by atoms with Crippen LogP contribution >= 0.6 is 22.6 Å². The van der Waals surface area contributed by atoms with Crippen molar-refractivity contribution in [3.8, 4) is 0 Å². The van der Waals surface area contributed by atoms with E-state index in [9.17, 15) is 4.79 Å². The van der Waals surface area contributed by atoms with Gasteiger partial charge in [0.05, 0.1) is 0 Å². The van der Waals surface area contributed by atoms with Gasteiger partial charge in [0.15, 0.2) is 0 Å². The number of hydrogen-bond donors (Lipinski definition) is 1. The largest absolute Gasteiger partial charge is 0.353 e. The molecule has 0 spiro atoms. The van der Waals surface area contributed by atoms with Crippen molar-refractivity contribution in [1.82, 2.24) is 5.32 Å². The molecule has 0 aromatic carbocycles. The fourth-order valence-electron chi connectivity index (χ4n) is 4.92. The Balaban J connectivity index is 1.88. The van der Waals surface area contributed by atoms with Crippen LogP contribution in [0.3, 0.4) is 0 Å². The van der Waals surface area contributed by atoms with Crippen molar-refractivity contribution in [2.24, 2.45) is 23.7 Å². The van der Waals surface area contributed by atoms with Gasteiger partial charge in [-0.2, -0.15) is 0 Å². The molecule has 0 aliphatic heterocycles. The van der Waals surface area contributed by atoms with E-state index in [1.54, 1.807) is 0 Å². The summed E-state index contributed by atoms with van der Waals surface area (Å²) in [6, 6.07) is 0.411. The zero-order valence-corrected chi connectivity index (χ0v) is 19.6. The second-order valence-corrected chi connectivity index (χ2v) is 11.4. The van der Waals surface area contributed by atoms with Gasteiger partial charge in [-0.15, -0.1) is 0 Å². The van der Waals surface area contributed by atoms with Crippen molar-refractivity contribution < 1.29 is 4.79 Å². The molecule has 1 N–H and O–H groups in total. The van der Waals surface area contributed by atoms with E-state index in [-0.39, 0.29) is 5.92 Å². The van der Waals surface area contributed by atoms with Crippen molar-refractivity contribution in [3.63, 3.8) is 0 Å². The van der Waals surface area contributed by atoms with E-state index in [0.29, 0.717) is 11.9 Å². The van der Waals surface area contributed by atoms with Gasteiger partial charge in [-0.05, 0) is 62.7 Å². The molecule has 152 valence electrons. The lowest BCUT2D eigenvalue weighted by Gasteiger charge is -2.26. The lowest BCUT2D eigenvalue weighted by Crippen LogP contribution is -2.40. The van der Waals surface area contributed by atoms with Gasteiger partial charge in [0, 0.05) is 15.9 Å². The summed E-state index contributed by atoms with van der Waals surface area (Å²) in [5.74, 6) is 2.98. The highest BCUT2D eigenvalue weighted by atomic mass is 127. The van der Waals surface area contributed by atoms with E-state index in [0.717, 1.165) is 34.5 Å². The lowest BCUT2D eigenvalue weighted by atomic mass is 9.87. The average molecular weight is 475 g/mol. The molecule has 6 unspecified atom stereocenters. The van der Waals surface area contributed by atoms with Crippen LogP contribution in [0.25, 0.3) is 0 Å². The summed E-state index contributed by atoms with van der Waals surface area (Å²) in [5.41, 5.74) is 0. The maximum atomic E-state index is 13.0. The molecule has 0 saturated heterocycles. The molecule has 2 rings (SSSR count). The van der Waals surface area contributed by atoms with Crippen LogP contribution in [-0.4, -0.2) is 15.9 Å². The molecule has 2 aliphatic rings. The predicted molar refractivity (Wildman–Crippen MR) is 121 cm³/mol. The maximum absolute atomic E-state index is 13.0. The summed E-state index contributed by atoms with van der Waals surface area (Å²) in [7, 11) is 0. The summed E-state index contributed by atoms with van der Waals surface area (Å²) >= 11 is 2.63. The number of rotatable bonds is 2. The van der Waals surface area contributed by atoms with Gasteiger partial charge in [-0.1, -0.05) is 81.9 Å². The molecule has 3 heteroatoms. The van der Waals surface area contributed by atoms with Crippen LogP contribution in [0.4, 0.5) is 0 Å². The minimum Gasteiger partial charge on any atom is -0.353 e. The van der Waals surface area contributed by atoms with Crippen LogP contribution in [0.1, 0.15) is 104 Å². The van der Waals surface area contributed by atoms with Crippen molar-refractivity contribution in [1.29, 1.82) is 0 Å². The molecule has 0 radical (unpaired) electrons. The number of alkyl halides is 1. The third-order valence-corrected chi connectivity index (χ3v) is 7.92. The number of carbonyl (C=O) groups excluding carboxylic acids is 1. The quantitative estimate of drug-likeness (QED) is 0.342. The first kappa shape index (κ1) is 22.5. The molecule has 26 heavy (non-hydrogen) atoms. The second kappa shape index (κ2) is 11.9. The normalized spacial score (nSPS) is 38.5. The number of hydrogen-bond acceptors (Lipinski definition) is 1. The van der Waals surface area contributed by atoms with E-state index in [1.807, 2.05) is 0 Å². The van der Waals surface area contributed by atoms with Gasteiger partial charge in [0.1, 0.15) is 0 Å². The van der Waals surface area contributed by atoms with Gasteiger partial charge in [0.2, 0.25) is 5.91 Å². The third kappa shape index (κ3) is 8.48. The predicted octanol–water partition coefficient (Wildman–Crippen LogP) is 6.90. The first-order valence-electron chi connectivity index (χ1n) is 11.4. The third-order valence-electron chi connectivity index (χ3n) is 6.79. The highest BCUT2D eigenvalue weighted by molar-refractivity contribution is 14.1. The minimum atomic E-state index is 0.255. The minimum absolute atomic E-state index is 0.255. The van der Waals surface area contributed by atoms with Crippen LogP contribution in [0.5, 0.6) is 0 Å². The van der Waals surface area contributed by atoms with Crippen LogP contribution < -0.4 is 5.32 Å². The Labute approximate surface area is 176 Å². The van der Waals surface area contributed by atoms with Crippen LogP contribution in [-0.2, 0) is 4.79 Å². The second-order valence-electron chi connectivity index (χ2n) is 9.66. The fourth-order valence-corrected chi connectivity index (χ4v) is 6.23. The molecular formula is C23H42INO. The molecule has 1 amide bonds. The molecule has 0 aromatic heterocycles. The first-order chi connectivity index (χ1) is 12.4. The van der Waals surface area contributed by atoms with Gasteiger partial charge in [0.25, 0.3) is 0 Å². The smallest absolute Gasteiger partial charge is 0.223 e. The fraction of sp³-hybridized carbons (Fsp3) is 0.957. The number of amides is 1. The van der Waals surface area contributed by atoms with Gasteiger partial charge < -0.3 is 5.32 Å². The molecule has 2 nitrogen and oxygen atoms in total. The Morgan fingerprint density at radius 1 is 0.731 bits per heavy atom. The molecule has 6 atom stereocenters. The Morgan fingerprint density at radius 3 is 2.19 bits per heavy atom. The number of carbonyl (C=O) groups is 1. The maximum Gasteiger partial charge on any atom is 0.223 e. The number of halogens is 1. The molecule has 2 aliphatic carbocycles. The molecule has 0 bridgehead atoms. The van der Waals surface area contributed by atoms with Gasteiger partial charge in [-0.25, -0.2) is 0 Å². The van der Waals surface area contributed by atoms with Gasteiger partial charge >= 0.3 is 0 Å². The van der Waals surface area contributed by atoms with Crippen molar-refractivity contribution >= 4 is 28.5 Å². The molecule has 0 heterocycles. The summed E-state index contributed by atoms with van der Waals surface area (Å²) in [6.45, 7) is 7.15. The van der Waals surface area contributed by atoms with E-state index in [2.05, 4.69) is 48.7 Å². The Kier molecular flexibility index (Phi) is 10.3.